The first-order valence-electron chi connectivity index (χ1n) is 8.27. The van der Waals surface area contributed by atoms with Crippen LogP contribution in [0.2, 0.25) is 0 Å². The van der Waals surface area contributed by atoms with Crippen molar-refractivity contribution in [1.29, 1.82) is 5.26 Å². The van der Waals surface area contributed by atoms with E-state index in [1.54, 1.807) is 11.1 Å². The number of carbonyl (C=O) groups is 1. The van der Waals surface area contributed by atoms with Crippen LogP contribution >= 0.6 is 0 Å². The van der Waals surface area contributed by atoms with Crippen LogP contribution in [-0.2, 0) is 11.2 Å². The van der Waals surface area contributed by atoms with E-state index in [2.05, 4.69) is 23.3 Å². The van der Waals surface area contributed by atoms with Crippen molar-refractivity contribution in [3.05, 3.63) is 48.2 Å². The van der Waals surface area contributed by atoms with Crippen LogP contribution < -0.4 is 4.90 Å². The van der Waals surface area contributed by atoms with Crippen molar-refractivity contribution in [3.63, 3.8) is 0 Å². The van der Waals surface area contributed by atoms with Gasteiger partial charge in [0.05, 0.1) is 5.92 Å². The molecule has 2 aromatic rings. The molecule has 3 heterocycles. The quantitative estimate of drug-likeness (QED) is 0.798. The fourth-order valence-electron chi connectivity index (χ4n) is 3.67. The molecular formula is C19H18N4O. The molecule has 4 rings (SSSR count). The zero-order valence-corrected chi connectivity index (χ0v) is 13.4. The Kier molecular flexibility index (Phi) is 3.66. The van der Waals surface area contributed by atoms with Crippen LogP contribution in [0.5, 0.6) is 0 Å². The molecule has 0 bridgehead atoms. The van der Waals surface area contributed by atoms with Crippen molar-refractivity contribution in [2.45, 2.75) is 12.8 Å². The maximum absolute atomic E-state index is 12.9. The first-order chi connectivity index (χ1) is 11.8. The average molecular weight is 318 g/mol. The van der Waals surface area contributed by atoms with Crippen LogP contribution in [0.25, 0.3) is 11.1 Å². The molecule has 24 heavy (non-hydrogen) atoms. The fourth-order valence-corrected chi connectivity index (χ4v) is 3.67. The van der Waals surface area contributed by atoms with E-state index >= 15 is 0 Å². The predicted molar refractivity (Wildman–Crippen MR) is 91.0 cm³/mol. The maximum atomic E-state index is 12.9. The normalized spacial score (nSPS) is 19.2. The number of rotatable bonds is 2. The Balaban J connectivity index is 1.63. The molecule has 5 nitrogen and oxygen atoms in total. The molecule has 1 atom stereocenters. The number of anilines is 1. The minimum absolute atomic E-state index is 0.0993. The highest BCUT2D eigenvalue weighted by Gasteiger charge is 2.35. The molecular weight excluding hydrogens is 300 g/mol. The predicted octanol–water partition coefficient (Wildman–Crippen LogP) is 2.44. The number of fused-ring (bicyclic) bond motifs is 1. The summed E-state index contributed by atoms with van der Waals surface area (Å²) in [5.41, 5.74) is 3.45. The van der Waals surface area contributed by atoms with Gasteiger partial charge in [0.1, 0.15) is 5.82 Å². The van der Waals surface area contributed by atoms with Crippen molar-refractivity contribution >= 4 is 11.7 Å². The van der Waals surface area contributed by atoms with Gasteiger partial charge in [0.25, 0.3) is 0 Å². The molecule has 1 amide bonds. The minimum atomic E-state index is -0.0993. The van der Waals surface area contributed by atoms with E-state index in [-0.39, 0.29) is 11.8 Å². The van der Waals surface area contributed by atoms with Crippen LogP contribution in [0.3, 0.4) is 0 Å². The number of pyridine rings is 1. The van der Waals surface area contributed by atoms with Crippen molar-refractivity contribution < 1.29 is 4.79 Å². The number of carbonyl (C=O) groups excluding carboxylic acids is 1. The van der Waals surface area contributed by atoms with Gasteiger partial charge in [0.2, 0.25) is 5.91 Å². The summed E-state index contributed by atoms with van der Waals surface area (Å²) in [4.78, 5) is 20.8. The van der Waals surface area contributed by atoms with E-state index in [0.29, 0.717) is 19.6 Å². The lowest BCUT2D eigenvalue weighted by Gasteiger charge is -2.20. The summed E-state index contributed by atoms with van der Waals surface area (Å²) in [6.07, 6.45) is 5.49. The van der Waals surface area contributed by atoms with Crippen LogP contribution in [0.4, 0.5) is 5.82 Å². The minimum Gasteiger partial charge on any atom is -0.310 e. The van der Waals surface area contributed by atoms with Crippen molar-refractivity contribution in [2.75, 3.05) is 24.5 Å². The number of nitriles is 1. The Labute approximate surface area is 141 Å². The van der Waals surface area contributed by atoms with Gasteiger partial charge in [-0.25, -0.2) is 4.98 Å². The molecule has 0 saturated carbocycles. The maximum Gasteiger partial charge on any atom is 0.233 e. The van der Waals surface area contributed by atoms with E-state index in [9.17, 15) is 4.79 Å². The van der Waals surface area contributed by atoms with Crippen LogP contribution in [0.15, 0.2) is 42.6 Å². The van der Waals surface area contributed by atoms with Gasteiger partial charge < -0.3 is 4.90 Å². The van der Waals surface area contributed by atoms with Gasteiger partial charge in [-0.05, 0) is 30.0 Å². The summed E-state index contributed by atoms with van der Waals surface area (Å²) < 4.78 is 0. The Hall–Kier alpha value is -2.87. The molecule has 0 radical (unpaired) electrons. The zero-order valence-electron chi connectivity index (χ0n) is 13.4. The first kappa shape index (κ1) is 14.7. The van der Waals surface area contributed by atoms with Crippen LogP contribution in [-0.4, -0.2) is 35.4 Å². The molecule has 1 aromatic heterocycles. The fraction of sp³-hybridized carbons (Fsp3) is 0.316. The van der Waals surface area contributed by atoms with Gasteiger partial charge in [-0.1, -0.05) is 30.3 Å². The van der Waals surface area contributed by atoms with E-state index in [1.165, 1.54) is 0 Å². The number of amides is 1. The van der Waals surface area contributed by atoms with Gasteiger partial charge >= 0.3 is 0 Å². The first-order valence-corrected chi connectivity index (χ1v) is 8.27. The molecule has 5 heteroatoms. The summed E-state index contributed by atoms with van der Waals surface area (Å²) in [6.45, 7) is 1.87. The number of aromatic nitrogens is 1. The second-order valence-corrected chi connectivity index (χ2v) is 6.30. The third-order valence-corrected chi connectivity index (χ3v) is 4.90. The number of nitrogens with zero attached hydrogens (tertiary/aromatic N) is 4. The highest BCUT2D eigenvalue weighted by atomic mass is 16.2. The number of benzene rings is 1. The zero-order chi connectivity index (χ0) is 16.5. The van der Waals surface area contributed by atoms with Crippen molar-refractivity contribution in [3.8, 4) is 17.3 Å². The largest absolute Gasteiger partial charge is 0.310 e. The molecule has 1 aromatic carbocycles. The van der Waals surface area contributed by atoms with E-state index < -0.39 is 0 Å². The summed E-state index contributed by atoms with van der Waals surface area (Å²) in [6, 6.07) is 12.2. The number of hydrogen-bond donors (Lipinski definition) is 0. The Morgan fingerprint density at radius 3 is 2.79 bits per heavy atom. The summed E-state index contributed by atoms with van der Waals surface area (Å²) >= 11 is 0. The molecule has 1 fully saturated rings. The van der Waals surface area contributed by atoms with Crippen LogP contribution in [0, 0.1) is 17.4 Å². The van der Waals surface area contributed by atoms with Gasteiger partial charge in [-0.3, -0.25) is 9.69 Å². The second kappa shape index (κ2) is 5.97. The Morgan fingerprint density at radius 2 is 2.04 bits per heavy atom. The Morgan fingerprint density at radius 1 is 1.21 bits per heavy atom. The topological polar surface area (TPSA) is 60.2 Å². The van der Waals surface area contributed by atoms with Gasteiger partial charge in [0, 0.05) is 31.4 Å². The molecule has 2 aliphatic heterocycles. The third kappa shape index (κ3) is 2.41. The summed E-state index contributed by atoms with van der Waals surface area (Å²) in [5.74, 6) is 0.791. The molecule has 0 N–H and O–H groups in total. The van der Waals surface area contributed by atoms with Crippen LogP contribution in [0.1, 0.15) is 12.0 Å². The lowest BCUT2D eigenvalue weighted by atomic mass is 10.0. The second-order valence-electron chi connectivity index (χ2n) is 6.30. The molecule has 1 saturated heterocycles. The standard InChI is InChI=1S/C19H18N4O/c20-13-22-10-7-15(12-22)19(24)23-11-8-17-16(6-9-21-18(17)23)14-4-2-1-3-5-14/h1-6,9,15H,7-8,10-12H2/t15-/m0/s1. The average Bonchev–Trinajstić information content (AvgIpc) is 3.28. The van der Waals surface area contributed by atoms with E-state index in [0.717, 1.165) is 35.3 Å². The lowest BCUT2D eigenvalue weighted by molar-refractivity contribution is -0.121. The number of hydrogen-bond acceptors (Lipinski definition) is 4. The molecule has 0 unspecified atom stereocenters. The lowest BCUT2D eigenvalue weighted by Crippen LogP contribution is -2.36. The summed E-state index contributed by atoms with van der Waals surface area (Å²) in [5, 5.41) is 8.99. The molecule has 120 valence electrons. The number of likely N-dealkylation sites (tertiary alicyclic amines) is 1. The monoisotopic (exact) mass is 318 g/mol. The van der Waals surface area contributed by atoms with E-state index in [1.807, 2.05) is 29.2 Å². The highest BCUT2D eigenvalue weighted by Crippen LogP contribution is 2.35. The van der Waals surface area contributed by atoms with E-state index in [4.69, 9.17) is 5.26 Å². The SMILES string of the molecule is N#CN1CC[C@H](C(=O)N2CCc3c(-c4ccccc4)ccnc32)C1. The van der Waals surface area contributed by atoms with Gasteiger partial charge in [-0.15, -0.1) is 0 Å². The van der Waals surface area contributed by atoms with Crippen molar-refractivity contribution in [2.24, 2.45) is 5.92 Å². The molecule has 2 aliphatic rings. The highest BCUT2D eigenvalue weighted by molar-refractivity contribution is 5.97. The van der Waals surface area contributed by atoms with Crippen molar-refractivity contribution in [1.82, 2.24) is 9.88 Å². The smallest absolute Gasteiger partial charge is 0.233 e. The summed E-state index contributed by atoms with van der Waals surface area (Å²) in [7, 11) is 0. The third-order valence-electron chi connectivity index (χ3n) is 4.90. The molecule has 0 aliphatic carbocycles. The van der Waals surface area contributed by atoms with Gasteiger partial charge in [-0.2, -0.15) is 5.26 Å². The Bertz CT molecular complexity index is 812. The van der Waals surface area contributed by atoms with Gasteiger partial charge in [0.15, 0.2) is 6.19 Å². The molecule has 0 spiro atoms.